The number of ketones is 4. The molecule has 0 N–H and O–H groups in total. The molecule has 2 heterocycles. The molecule has 0 amide bonds. The second kappa shape index (κ2) is 9.53. The van der Waals surface area contributed by atoms with Gasteiger partial charge in [-0.25, -0.2) is 9.98 Å². The summed E-state index contributed by atoms with van der Waals surface area (Å²) in [5.74, 6) is -0.943. The number of nitrogens with zero attached hydrogens (tertiary/aromatic N) is 2. The van der Waals surface area contributed by atoms with Gasteiger partial charge in [0, 0.05) is 59.4 Å². The van der Waals surface area contributed by atoms with Gasteiger partial charge in [0.2, 0.25) is 0 Å². The maximum atomic E-state index is 13.3. The minimum atomic E-state index is -0.458. The van der Waals surface area contributed by atoms with Gasteiger partial charge in [-0.3, -0.25) is 19.2 Å². The average molecular weight is 665 g/mol. The van der Waals surface area contributed by atoms with Crippen LogP contribution in [0.5, 0.6) is 0 Å². The third kappa shape index (κ3) is 3.72. The lowest BCUT2D eigenvalue weighted by Crippen LogP contribution is -2.28. The predicted molar refractivity (Wildman–Crippen MR) is 188 cm³/mol. The molecule has 47 heavy (non-hydrogen) atoms. The largest absolute Gasteiger partial charge is 0.292 e. The summed E-state index contributed by atoms with van der Waals surface area (Å²) < 4.78 is 0. The lowest BCUT2D eigenvalue weighted by atomic mass is 9.71. The number of Topliss-reactive ketones (excluding diaryl/α,β-unsaturated/α-hetero) is 4. The van der Waals surface area contributed by atoms with Crippen molar-refractivity contribution in [2.24, 2.45) is 33.7 Å². The highest BCUT2D eigenvalue weighted by Gasteiger charge is 2.54. The fraction of sp³-hybridized carbons (Fsp3) is 0.538. The van der Waals surface area contributed by atoms with E-state index < -0.39 is 10.8 Å². The number of rotatable bonds is 2. The summed E-state index contributed by atoms with van der Waals surface area (Å²) in [6, 6.07) is 0. The Kier molecular flexibility index (Phi) is 6.08. The van der Waals surface area contributed by atoms with Crippen LogP contribution in [-0.4, -0.2) is 34.6 Å². The summed E-state index contributed by atoms with van der Waals surface area (Å²) in [6.45, 7) is 13.3. The van der Waals surface area contributed by atoms with Crippen LogP contribution >= 0.6 is 22.7 Å². The normalized spacial score (nSPS) is 30.5. The van der Waals surface area contributed by atoms with Crippen LogP contribution in [-0.2, 0) is 35.4 Å². The first kappa shape index (κ1) is 30.0. The third-order valence-electron chi connectivity index (χ3n) is 12.7. The lowest BCUT2D eigenvalue weighted by Gasteiger charge is -2.32. The van der Waals surface area contributed by atoms with Crippen LogP contribution < -0.4 is 0 Å². The van der Waals surface area contributed by atoms with E-state index in [1.807, 2.05) is 0 Å². The highest BCUT2D eigenvalue weighted by atomic mass is 32.1. The summed E-state index contributed by atoms with van der Waals surface area (Å²) in [4.78, 5) is 68.1. The van der Waals surface area contributed by atoms with E-state index in [4.69, 9.17) is 9.98 Å². The van der Waals surface area contributed by atoms with Gasteiger partial charge >= 0.3 is 0 Å². The van der Waals surface area contributed by atoms with Crippen molar-refractivity contribution >= 4 is 69.4 Å². The van der Waals surface area contributed by atoms with Crippen LogP contribution in [0.2, 0.25) is 0 Å². The molecule has 7 aliphatic rings. The molecule has 7 aliphatic carbocycles. The van der Waals surface area contributed by atoms with Gasteiger partial charge in [-0.05, 0) is 60.1 Å². The Labute approximate surface area is 283 Å². The molecule has 6 nitrogen and oxygen atoms in total. The zero-order valence-corrected chi connectivity index (χ0v) is 29.6. The van der Waals surface area contributed by atoms with Gasteiger partial charge in [0.25, 0.3) is 0 Å². The summed E-state index contributed by atoms with van der Waals surface area (Å²) in [6.07, 6.45) is 11.5. The van der Waals surface area contributed by atoms with Crippen LogP contribution in [0.1, 0.15) is 125 Å². The molecule has 4 unspecified atom stereocenters. The number of allylic oxidation sites excluding steroid dienone is 2. The number of hydrogen-bond donors (Lipinski definition) is 0. The standard InChI is InChI=1S/C39H40N2O4S2/c1-37(2)23(40-29-31(42)17-11-7-8-12-18(17)32(29)43)15-21-25(37)27-35(46-21)36-28(39(27,5)6)26-22(47-36)16-24(38(26,3)4)41-30-33(44)19-13-9-10-14-20(19)34(30)45/h15-20H,7-14H2,1-6H3. The van der Waals surface area contributed by atoms with E-state index in [1.165, 1.54) is 41.8 Å². The van der Waals surface area contributed by atoms with Crippen LogP contribution in [0.15, 0.2) is 21.4 Å². The van der Waals surface area contributed by atoms with E-state index in [0.29, 0.717) is 0 Å². The Morgan fingerprint density at radius 2 is 0.830 bits per heavy atom. The highest BCUT2D eigenvalue weighted by Crippen LogP contribution is 2.66. The first-order chi connectivity index (χ1) is 22.2. The van der Waals surface area contributed by atoms with E-state index in [0.717, 1.165) is 62.8 Å². The van der Waals surface area contributed by atoms with Crippen molar-refractivity contribution in [3.63, 3.8) is 0 Å². The SMILES string of the molecule is CC1(C)C(N=C2C(=O)C3CCCCC3C2=O)=Cc2sc3c(c21)C(C)(C)c1c-3sc2c1C(C)(C)C(N=C1C(=O)C3CCCCC3C1=O)=C2. The second-order valence-electron chi connectivity index (χ2n) is 16.4. The lowest BCUT2D eigenvalue weighted by molar-refractivity contribution is -0.120. The van der Waals surface area contributed by atoms with Crippen LogP contribution in [0.25, 0.3) is 21.9 Å². The summed E-state index contributed by atoms with van der Waals surface area (Å²) in [5.41, 5.74) is 5.87. The van der Waals surface area contributed by atoms with E-state index >= 15 is 0 Å². The molecule has 9 rings (SSSR count). The number of thiophene rings is 2. The van der Waals surface area contributed by atoms with Gasteiger partial charge in [0.05, 0.1) is 11.4 Å². The molecule has 8 heteroatoms. The number of fused-ring (bicyclic) bond motifs is 9. The average Bonchev–Trinajstić information content (AvgIpc) is 3.84. The molecule has 4 atom stereocenters. The maximum Gasteiger partial charge on any atom is 0.188 e. The van der Waals surface area contributed by atoms with Crippen molar-refractivity contribution in [1.82, 2.24) is 0 Å². The molecule has 2 aromatic heterocycles. The van der Waals surface area contributed by atoms with E-state index in [2.05, 4.69) is 53.7 Å². The molecular formula is C39H40N2O4S2. The molecule has 4 saturated carbocycles. The molecule has 2 aromatic rings. The van der Waals surface area contributed by atoms with Crippen LogP contribution in [0, 0.1) is 23.7 Å². The molecule has 0 spiro atoms. The maximum absolute atomic E-state index is 13.3. The Bertz CT molecular complexity index is 1830. The molecular weight excluding hydrogens is 625 g/mol. The van der Waals surface area contributed by atoms with Crippen molar-refractivity contribution in [3.8, 4) is 9.75 Å². The summed E-state index contributed by atoms with van der Waals surface area (Å²) >= 11 is 3.59. The van der Waals surface area contributed by atoms with E-state index in [-0.39, 0.29) is 63.6 Å². The van der Waals surface area contributed by atoms with Crippen molar-refractivity contribution in [3.05, 3.63) is 43.4 Å². The minimum Gasteiger partial charge on any atom is -0.292 e. The minimum absolute atomic E-state index is 0.0520. The van der Waals surface area contributed by atoms with Gasteiger partial charge in [0.1, 0.15) is 11.4 Å². The molecule has 4 fully saturated rings. The van der Waals surface area contributed by atoms with Gasteiger partial charge in [0.15, 0.2) is 23.1 Å². The summed E-state index contributed by atoms with van der Waals surface area (Å²) in [7, 11) is 0. The number of carbonyl (C=O) groups excluding carboxylic acids is 4. The first-order valence-electron chi connectivity index (χ1n) is 17.4. The van der Waals surface area contributed by atoms with E-state index in [1.54, 1.807) is 22.7 Å². The number of aliphatic imine (C=N–C) groups is 2. The predicted octanol–water partition coefficient (Wildman–Crippen LogP) is 8.18. The number of carbonyl (C=O) groups is 4. The van der Waals surface area contributed by atoms with Crippen LogP contribution in [0.4, 0.5) is 0 Å². The quantitative estimate of drug-likeness (QED) is 0.324. The van der Waals surface area contributed by atoms with Crippen molar-refractivity contribution in [1.29, 1.82) is 0 Å². The molecule has 242 valence electrons. The Morgan fingerprint density at radius 1 is 0.511 bits per heavy atom. The zero-order chi connectivity index (χ0) is 32.9. The smallest absolute Gasteiger partial charge is 0.188 e. The third-order valence-corrected chi connectivity index (χ3v) is 15.1. The molecule has 0 bridgehead atoms. The number of hydrogen-bond acceptors (Lipinski definition) is 8. The van der Waals surface area contributed by atoms with Crippen molar-refractivity contribution in [2.45, 2.75) is 109 Å². The topological polar surface area (TPSA) is 93.0 Å². The van der Waals surface area contributed by atoms with Crippen LogP contribution in [0.3, 0.4) is 0 Å². The zero-order valence-electron chi connectivity index (χ0n) is 28.0. The monoisotopic (exact) mass is 664 g/mol. The summed E-state index contributed by atoms with van der Waals surface area (Å²) in [5, 5.41) is 0. The fourth-order valence-corrected chi connectivity index (χ4v) is 13.4. The Morgan fingerprint density at radius 3 is 1.15 bits per heavy atom. The fourth-order valence-electron chi connectivity index (χ4n) is 10.1. The van der Waals surface area contributed by atoms with Crippen molar-refractivity contribution < 1.29 is 19.2 Å². The Hall–Kier alpha value is -3.10. The molecule has 0 saturated heterocycles. The van der Waals surface area contributed by atoms with Gasteiger partial charge in [-0.1, -0.05) is 67.2 Å². The molecule has 0 aromatic carbocycles. The van der Waals surface area contributed by atoms with Gasteiger partial charge < -0.3 is 0 Å². The first-order valence-corrected chi connectivity index (χ1v) is 19.0. The Balaban J connectivity index is 1.10. The van der Waals surface area contributed by atoms with E-state index in [9.17, 15) is 19.2 Å². The molecule has 0 aliphatic heterocycles. The van der Waals surface area contributed by atoms with Gasteiger partial charge in [-0.15, -0.1) is 22.7 Å². The molecule has 0 radical (unpaired) electrons. The van der Waals surface area contributed by atoms with Gasteiger partial charge in [-0.2, -0.15) is 0 Å². The van der Waals surface area contributed by atoms with Crippen molar-refractivity contribution in [2.75, 3.05) is 0 Å². The highest BCUT2D eigenvalue weighted by molar-refractivity contribution is 7.23. The second-order valence-corrected chi connectivity index (χ2v) is 18.5.